The summed E-state index contributed by atoms with van der Waals surface area (Å²) in [6.45, 7) is 11.2. The van der Waals surface area contributed by atoms with E-state index in [2.05, 4.69) is 0 Å². The molecule has 0 heterocycles. The van der Waals surface area contributed by atoms with Gasteiger partial charge in [0.05, 0.1) is 0 Å². The van der Waals surface area contributed by atoms with Crippen molar-refractivity contribution >= 4 is 35.1 Å². The number of hydrogen-bond donors (Lipinski definition) is 0. The van der Waals surface area contributed by atoms with E-state index in [9.17, 15) is 52.7 Å². The summed E-state index contributed by atoms with van der Waals surface area (Å²) in [5.41, 5.74) is -1.62. The number of allylic oxidation sites excluding steroid dienone is 2. The van der Waals surface area contributed by atoms with Gasteiger partial charge in [0.15, 0.2) is 0 Å². The van der Waals surface area contributed by atoms with Crippen LogP contribution in [0.1, 0.15) is 103 Å². The Hall–Kier alpha value is -2.80. The predicted molar refractivity (Wildman–Crippen MR) is 215 cm³/mol. The van der Waals surface area contributed by atoms with Gasteiger partial charge in [-0.2, -0.15) is 0 Å². The van der Waals surface area contributed by atoms with E-state index >= 15 is 0 Å². The molecule has 0 bridgehead atoms. The Morgan fingerprint density at radius 2 is 0.817 bits per heavy atom. The second-order valence-electron chi connectivity index (χ2n) is 16.3. The predicted octanol–water partition coefficient (Wildman–Crippen LogP) is 16.6. The second kappa shape index (κ2) is 15.8. The van der Waals surface area contributed by atoms with Gasteiger partial charge in [-0.15, -0.1) is 0 Å². The first-order valence-electron chi connectivity index (χ1n) is 19.4. The third-order valence-electron chi connectivity index (χ3n) is 12.0. The van der Waals surface area contributed by atoms with Crippen molar-refractivity contribution < 1.29 is 68.2 Å². The van der Waals surface area contributed by atoms with E-state index in [-0.39, 0.29) is 34.4 Å². The number of halogens is 14. The van der Waals surface area contributed by atoms with Crippen LogP contribution in [0.2, 0.25) is 13.1 Å². The normalized spacial score (nSPS) is 18.0. The Labute approximate surface area is 349 Å². The number of hydrogen-bond acceptors (Lipinski definition) is 0. The molecule has 0 radical (unpaired) electrons. The van der Waals surface area contributed by atoms with Crippen LogP contribution in [0.25, 0.3) is 34.4 Å². The molecule has 0 amide bonds. The van der Waals surface area contributed by atoms with Crippen molar-refractivity contribution in [2.24, 2.45) is 0 Å². The minimum atomic E-state index is -5.68. The van der Waals surface area contributed by atoms with Gasteiger partial charge in [0.25, 0.3) is 0 Å². The van der Waals surface area contributed by atoms with Crippen molar-refractivity contribution in [2.45, 2.75) is 98.4 Å². The van der Waals surface area contributed by atoms with Crippen molar-refractivity contribution in [3.05, 3.63) is 127 Å². The molecule has 0 saturated heterocycles. The minimum absolute atomic E-state index is 0.0878. The fourth-order valence-electron chi connectivity index (χ4n) is 9.42. The fraction of sp³-hybridized carbons (Fsp3) is 0.364. The molecule has 0 fully saturated rings. The van der Waals surface area contributed by atoms with Crippen molar-refractivity contribution in [1.82, 2.24) is 0 Å². The fourth-order valence-corrected chi connectivity index (χ4v) is 42.3. The van der Waals surface area contributed by atoms with Crippen LogP contribution in [0, 0.1) is 0 Å². The van der Waals surface area contributed by atoms with Crippen molar-refractivity contribution in [2.75, 3.05) is 0 Å². The molecule has 2 unspecified atom stereocenters. The van der Waals surface area contributed by atoms with E-state index in [0.717, 1.165) is 24.3 Å². The van der Waals surface area contributed by atoms with E-state index < -0.39 is 75.7 Å². The average Bonchev–Trinajstić information content (AvgIpc) is 3.66. The van der Waals surface area contributed by atoms with E-state index in [4.69, 9.17) is 17.0 Å². The summed E-state index contributed by atoms with van der Waals surface area (Å²) >= 11 is -5.68. The first kappa shape index (κ1) is 46.7. The van der Waals surface area contributed by atoms with Crippen LogP contribution >= 0.6 is 17.0 Å². The molecular formula is C44H41Cl2F12SiZr. The molecule has 0 N–H and O–H groups in total. The maximum absolute atomic E-state index is 14.2. The van der Waals surface area contributed by atoms with Crippen LogP contribution in [0.15, 0.2) is 71.8 Å². The molecule has 4 aromatic carbocycles. The van der Waals surface area contributed by atoms with Gasteiger partial charge in [-0.1, -0.05) is 0 Å². The van der Waals surface area contributed by atoms with Gasteiger partial charge in [0.1, 0.15) is 0 Å². The van der Waals surface area contributed by atoms with Crippen LogP contribution in [0.3, 0.4) is 0 Å². The number of fused-ring (bicyclic) bond motifs is 2. The van der Waals surface area contributed by atoms with Gasteiger partial charge in [0.2, 0.25) is 0 Å². The zero-order valence-corrected chi connectivity index (χ0v) is 38.4. The van der Waals surface area contributed by atoms with Crippen LogP contribution < -0.4 is 0 Å². The van der Waals surface area contributed by atoms with Crippen LogP contribution in [0.4, 0.5) is 52.7 Å². The molecule has 60 heavy (non-hydrogen) atoms. The molecular weight excluding hydrogens is 947 g/mol. The number of alkyl halides is 12. The van der Waals surface area contributed by atoms with Gasteiger partial charge in [0, 0.05) is 0 Å². The summed E-state index contributed by atoms with van der Waals surface area (Å²) in [5.74, 6) is -2.31. The molecule has 323 valence electrons. The van der Waals surface area contributed by atoms with E-state index in [1.165, 1.54) is 0 Å². The SMILES string of the molecule is CCCc1ccc2c(c1-c1cc(C(F)(F)F)cc(C(F)(F)F)c1)C=C(C)[CH]2[Zr]([Cl])([Cl])([CH]1C(C)=Cc2c1ccc(CCC)c2-c1cc(C(F)(F)F)cc(C(F)(F)F)c1)[SiH](C)C. The molecule has 2 aliphatic carbocycles. The van der Waals surface area contributed by atoms with Crippen molar-refractivity contribution in [1.29, 1.82) is 0 Å². The molecule has 0 spiro atoms. The Kier molecular flexibility index (Phi) is 12.3. The van der Waals surface area contributed by atoms with E-state index in [1.54, 1.807) is 50.3 Å². The molecule has 0 nitrogen and oxygen atoms in total. The topological polar surface area (TPSA) is 0 Å². The van der Waals surface area contributed by atoms with Crippen molar-refractivity contribution in [3.8, 4) is 22.3 Å². The van der Waals surface area contributed by atoms with Gasteiger partial charge < -0.3 is 0 Å². The molecule has 6 rings (SSSR count). The van der Waals surface area contributed by atoms with Crippen LogP contribution in [-0.2, 0) is 53.1 Å². The Morgan fingerprint density at radius 1 is 0.517 bits per heavy atom. The number of aryl methyl sites for hydroxylation is 2. The molecule has 0 aromatic heterocycles. The third-order valence-corrected chi connectivity index (χ3v) is 64.3. The van der Waals surface area contributed by atoms with Gasteiger partial charge >= 0.3 is 351 Å². The second-order valence-corrected chi connectivity index (χ2v) is 58.8. The Morgan fingerprint density at radius 3 is 1.07 bits per heavy atom. The molecule has 2 atom stereocenters. The number of benzene rings is 4. The summed E-state index contributed by atoms with van der Waals surface area (Å²) in [7, 11) is 16.6. The summed E-state index contributed by atoms with van der Waals surface area (Å²) in [6.07, 6.45) is -15.1. The van der Waals surface area contributed by atoms with E-state index in [1.807, 2.05) is 26.9 Å². The monoisotopic (exact) mass is 985 g/mol. The van der Waals surface area contributed by atoms with Crippen LogP contribution in [0.5, 0.6) is 0 Å². The van der Waals surface area contributed by atoms with Crippen LogP contribution in [-0.4, -0.2) is 5.92 Å². The average molecular weight is 988 g/mol. The third kappa shape index (κ3) is 8.13. The van der Waals surface area contributed by atoms with Gasteiger partial charge in [-0.3, -0.25) is 0 Å². The molecule has 0 aliphatic heterocycles. The maximum atomic E-state index is 14.2. The van der Waals surface area contributed by atoms with E-state index in [0.29, 0.717) is 70.2 Å². The quantitative estimate of drug-likeness (QED) is 0.116. The first-order chi connectivity index (χ1) is 27.5. The standard InChI is InChI=1S/2C21H17F6.C2H7Si.2ClH.Zr/c2*1-3-4-13-5-6-14-7-12(2)8-18(14)19(13)15-9-16(20(22,23)24)11-17(10-15)21(25,26)27;1-3-2;;;/h2*5-11H,3-4H2,1-2H3;3H,1-2H3;2*1H;/q;;;;;+2/p-2. The first-order valence-corrected chi connectivity index (χ1v) is 35.7. The van der Waals surface area contributed by atoms with Gasteiger partial charge in [-0.05, 0) is 0 Å². The molecule has 16 heteroatoms. The summed E-state index contributed by atoms with van der Waals surface area (Å²) in [6, 6.07) is 10.0. The van der Waals surface area contributed by atoms with Gasteiger partial charge in [-0.25, -0.2) is 0 Å². The molecule has 4 aromatic rings. The molecule has 0 saturated carbocycles. The Balaban J connectivity index is 1.63. The Bertz CT molecular complexity index is 2190. The molecule has 2 aliphatic rings. The summed E-state index contributed by atoms with van der Waals surface area (Å²) in [4.78, 5) is 0. The zero-order valence-electron chi connectivity index (χ0n) is 33.3. The number of rotatable bonds is 9. The summed E-state index contributed by atoms with van der Waals surface area (Å²) in [5, 5.41) is 0. The zero-order chi connectivity index (χ0) is 44.7. The summed E-state index contributed by atoms with van der Waals surface area (Å²) < 4.78 is 169. The van der Waals surface area contributed by atoms with Crippen molar-refractivity contribution in [3.63, 3.8) is 0 Å².